The predicted molar refractivity (Wildman–Crippen MR) is 127 cm³/mol. The van der Waals surface area contributed by atoms with E-state index in [1.165, 1.54) is 12.3 Å². The van der Waals surface area contributed by atoms with Gasteiger partial charge in [0.25, 0.3) is 0 Å². The summed E-state index contributed by atoms with van der Waals surface area (Å²) in [7, 11) is -1.53. The second-order valence-corrected chi connectivity index (χ2v) is 10.6. The zero-order valence-electron chi connectivity index (χ0n) is 18.5. The predicted octanol–water partition coefficient (Wildman–Crippen LogP) is 4.67. The van der Waals surface area contributed by atoms with Gasteiger partial charge in [-0.3, -0.25) is 4.79 Å². The van der Waals surface area contributed by atoms with Gasteiger partial charge in [0.2, 0.25) is 5.91 Å². The van der Waals surface area contributed by atoms with E-state index in [0.29, 0.717) is 12.4 Å². The van der Waals surface area contributed by atoms with Crippen molar-refractivity contribution >= 4 is 33.2 Å². The SMILES string of the molecule is Cc1nc(COc2cccc(C=CC(=O)N(C)C(C)c3ccc(S(C)(=O)=O)cc3)c2)cs1. The maximum atomic E-state index is 12.7. The lowest BCUT2D eigenvalue weighted by Crippen LogP contribution is -2.28. The van der Waals surface area contributed by atoms with Crippen LogP contribution in [0.3, 0.4) is 0 Å². The Labute approximate surface area is 193 Å². The number of ether oxygens (including phenoxy) is 1. The summed E-state index contributed by atoms with van der Waals surface area (Å²) >= 11 is 1.59. The minimum absolute atomic E-state index is 0.158. The highest BCUT2D eigenvalue weighted by atomic mass is 32.2. The Hall–Kier alpha value is -2.97. The average Bonchev–Trinajstić information content (AvgIpc) is 3.20. The van der Waals surface area contributed by atoms with E-state index in [9.17, 15) is 13.2 Å². The molecule has 1 heterocycles. The maximum Gasteiger partial charge on any atom is 0.246 e. The van der Waals surface area contributed by atoms with Gasteiger partial charge in [-0.15, -0.1) is 11.3 Å². The molecule has 32 heavy (non-hydrogen) atoms. The molecule has 1 atom stereocenters. The number of carbonyl (C=O) groups excluding carboxylic acids is 1. The highest BCUT2D eigenvalue weighted by Crippen LogP contribution is 2.22. The summed E-state index contributed by atoms with van der Waals surface area (Å²) in [5.41, 5.74) is 2.60. The van der Waals surface area contributed by atoms with E-state index in [0.717, 1.165) is 21.8 Å². The standard InChI is InChI=1S/C24H26N2O4S2/c1-17(20-9-11-23(12-10-20)32(4,28)29)26(3)24(27)13-8-19-6-5-7-22(14-19)30-15-21-16-31-18(2)25-21/h5-14,16-17H,15H2,1-4H3. The third kappa shape index (κ3) is 6.27. The number of sulfone groups is 1. The summed E-state index contributed by atoms with van der Waals surface area (Å²) in [6.07, 6.45) is 4.44. The van der Waals surface area contributed by atoms with Crippen LogP contribution in [0.1, 0.15) is 34.8 Å². The number of rotatable bonds is 8. The van der Waals surface area contributed by atoms with Gasteiger partial charge in [0.05, 0.1) is 21.6 Å². The summed E-state index contributed by atoms with van der Waals surface area (Å²) in [6.45, 7) is 4.25. The fourth-order valence-corrected chi connectivity index (χ4v) is 4.26. The van der Waals surface area contributed by atoms with Crippen molar-refractivity contribution in [3.8, 4) is 5.75 Å². The van der Waals surface area contributed by atoms with Gasteiger partial charge in [-0.1, -0.05) is 24.3 Å². The molecule has 0 aliphatic carbocycles. The van der Waals surface area contributed by atoms with E-state index in [1.54, 1.807) is 53.6 Å². The summed E-state index contributed by atoms with van der Waals surface area (Å²) in [5.74, 6) is 0.548. The van der Waals surface area contributed by atoms with Crippen molar-refractivity contribution in [2.45, 2.75) is 31.4 Å². The van der Waals surface area contributed by atoms with E-state index >= 15 is 0 Å². The molecule has 0 saturated carbocycles. The fraction of sp³-hybridized carbons (Fsp3) is 0.250. The van der Waals surface area contributed by atoms with Gasteiger partial charge in [0.15, 0.2) is 9.84 Å². The van der Waals surface area contributed by atoms with Crippen LogP contribution in [0.4, 0.5) is 0 Å². The number of nitrogens with zero attached hydrogens (tertiary/aromatic N) is 2. The summed E-state index contributed by atoms with van der Waals surface area (Å²) in [6, 6.07) is 13.9. The van der Waals surface area contributed by atoms with Gasteiger partial charge in [-0.2, -0.15) is 0 Å². The molecular formula is C24H26N2O4S2. The number of aromatic nitrogens is 1. The van der Waals surface area contributed by atoms with E-state index < -0.39 is 9.84 Å². The van der Waals surface area contributed by atoms with Crippen LogP contribution >= 0.6 is 11.3 Å². The molecule has 3 rings (SSSR count). The number of likely N-dealkylation sites (N-methyl/N-ethyl adjacent to an activating group) is 1. The van der Waals surface area contributed by atoms with Crippen molar-refractivity contribution in [2.75, 3.05) is 13.3 Å². The number of benzene rings is 2. The van der Waals surface area contributed by atoms with Gasteiger partial charge in [-0.05, 0) is 55.3 Å². The second kappa shape index (κ2) is 10.1. The Kier molecular flexibility index (Phi) is 7.48. The Balaban J connectivity index is 1.62. The largest absolute Gasteiger partial charge is 0.487 e. The fourth-order valence-electron chi connectivity index (χ4n) is 3.03. The summed E-state index contributed by atoms with van der Waals surface area (Å²) < 4.78 is 29.1. The number of thiazole rings is 1. The van der Waals surface area contributed by atoms with Crippen LogP contribution in [0.15, 0.2) is 64.9 Å². The van der Waals surface area contributed by atoms with Crippen LogP contribution in [-0.2, 0) is 21.2 Å². The molecule has 3 aromatic rings. The lowest BCUT2D eigenvalue weighted by atomic mass is 10.1. The molecule has 0 saturated heterocycles. The Morgan fingerprint density at radius 3 is 2.56 bits per heavy atom. The van der Waals surface area contributed by atoms with Crippen LogP contribution in [0, 0.1) is 6.92 Å². The molecule has 1 unspecified atom stereocenters. The first-order valence-corrected chi connectivity index (χ1v) is 12.8. The van der Waals surface area contributed by atoms with Crippen molar-refractivity contribution in [1.29, 1.82) is 0 Å². The van der Waals surface area contributed by atoms with Gasteiger partial charge in [0.1, 0.15) is 12.4 Å². The van der Waals surface area contributed by atoms with Crippen molar-refractivity contribution in [1.82, 2.24) is 9.88 Å². The highest BCUT2D eigenvalue weighted by Gasteiger charge is 2.16. The highest BCUT2D eigenvalue weighted by molar-refractivity contribution is 7.90. The molecule has 168 valence electrons. The van der Waals surface area contributed by atoms with E-state index in [-0.39, 0.29) is 16.8 Å². The number of carbonyl (C=O) groups is 1. The lowest BCUT2D eigenvalue weighted by molar-refractivity contribution is -0.126. The normalized spacial score (nSPS) is 12.6. The number of aryl methyl sites for hydroxylation is 1. The van der Waals surface area contributed by atoms with Gasteiger partial charge in [0, 0.05) is 24.8 Å². The molecule has 6 nitrogen and oxygen atoms in total. The van der Waals surface area contributed by atoms with Crippen molar-refractivity contribution in [3.05, 3.63) is 81.8 Å². The summed E-state index contributed by atoms with van der Waals surface area (Å²) in [5, 5.41) is 2.98. The number of hydrogen-bond donors (Lipinski definition) is 0. The molecule has 8 heteroatoms. The molecular weight excluding hydrogens is 444 g/mol. The lowest BCUT2D eigenvalue weighted by Gasteiger charge is -2.24. The molecule has 1 aromatic heterocycles. The molecule has 0 N–H and O–H groups in total. The molecule has 0 aliphatic rings. The maximum absolute atomic E-state index is 12.7. The van der Waals surface area contributed by atoms with Gasteiger partial charge < -0.3 is 9.64 Å². The van der Waals surface area contributed by atoms with Crippen molar-refractivity contribution in [3.63, 3.8) is 0 Å². The van der Waals surface area contributed by atoms with Crippen LogP contribution in [-0.4, -0.2) is 37.5 Å². The Morgan fingerprint density at radius 2 is 1.94 bits per heavy atom. The van der Waals surface area contributed by atoms with Crippen LogP contribution in [0.2, 0.25) is 0 Å². The third-order valence-corrected chi connectivity index (χ3v) is 7.00. The van der Waals surface area contributed by atoms with Crippen LogP contribution in [0.25, 0.3) is 6.08 Å². The minimum atomic E-state index is -3.25. The van der Waals surface area contributed by atoms with Gasteiger partial charge in [-0.25, -0.2) is 13.4 Å². The number of amides is 1. The van der Waals surface area contributed by atoms with Crippen molar-refractivity contribution < 1.29 is 17.9 Å². The first kappa shape index (κ1) is 23.7. The van der Waals surface area contributed by atoms with Crippen molar-refractivity contribution in [2.24, 2.45) is 0 Å². The molecule has 2 aromatic carbocycles. The monoisotopic (exact) mass is 470 g/mol. The second-order valence-electron chi connectivity index (χ2n) is 7.52. The Bertz CT molecular complexity index is 1210. The Morgan fingerprint density at radius 1 is 1.22 bits per heavy atom. The first-order valence-electron chi connectivity index (χ1n) is 10.0. The van der Waals surface area contributed by atoms with E-state index in [4.69, 9.17) is 4.74 Å². The smallest absolute Gasteiger partial charge is 0.246 e. The molecule has 0 fully saturated rings. The zero-order valence-corrected chi connectivity index (χ0v) is 20.1. The zero-order chi connectivity index (χ0) is 23.3. The molecule has 0 spiro atoms. The van der Waals surface area contributed by atoms with Crippen LogP contribution < -0.4 is 4.74 Å². The number of hydrogen-bond acceptors (Lipinski definition) is 6. The van der Waals surface area contributed by atoms with E-state index in [2.05, 4.69) is 4.98 Å². The quantitative estimate of drug-likeness (QED) is 0.447. The van der Waals surface area contributed by atoms with Gasteiger partial charge >= 0.3 is 0 Å². The first-order chi connectivity index (χ1) is 15.1. The summed E-state index contributed by atoms with van der Waals surface area (Å²) in [4.78, 5) is 18.9. The average molecular weight is 471 g/mol. The topological polar surface area (TPSA) is 76.6 Å². The van der Waals surface area contributed by atoms with E-state index in [1.807, 2.05) is 43.5 Å². The molecule has 0 bridgehead atoms. The molecule has 0 radical (unpaired) electrons. The van der Waals surface area contributed by atoms with Crippen LogP contribution in [0.5, 0.6) is 5.75 Å². The third-order valence-electron chi connectivity index (χ3n) is 5.05. The molecule has 1 amide bonds. The minimum Gasteiger partial charge on any atom is -0.487 e. The molecule has 0 aliphatic heterocycles.